The molecule has 0 N–H and O–H groups in total. The van der Waals surface area contributed by atoms with Crippen LogP contribution in [-0.4, -0.2) is 47.2 Å². The van der Waals surface area contributed by atoms with Gasteiger partial charge in [-0.1, -0.05) is 35.4 Å². The van der Waals surface area contributed by atoms with E-state index >= 15 is 0 Å². The van der Waals surface area contributed by atoms with Crippen molar-refractivity contribution in [2.45, 2.75) is 6.42 Å². The number of methoxy groups -OCH3 is 1. The summed E-state index contributed by atoms with van der Waals surface area (Å²) >= 11 is 12.3. The number of hydrazine groups is 1. The molecule has 2 aromatic carbocycles. The van der Waals surface area contributed by atoms with Crippen molar-refractivity contribution < 1.29 is 23.9 Å². The summed E-state index contributed by atoms with van der Waals surface area (Å²) < 4.78 is 5.15. The number of allylic oxidation sites excluding steroid dienone is 2. The quantitative estimate of drug-likeness (QED) is 0.319. The molecule has 1 aliphatic heterocycles. The molecule has 9 heteroatoms. The van der Waals surface area contributed by atoms with Gasteiger partial charge >= 0.3 is 0 Å². The second-order valence-corrected chi connectivity index (χ2v) is 10.6. The van der Waals surface area contributed by atoms with E-state index in [2.05, 4.69) is 12.2 Å². The van der Waals surface area contributed by atoms with Crippen molar-refractivity contribution >= 4 is 46.7 Å². The fourth-order valence-corrected chi connectivity index (χ4v) is 6.71. The van der Waals surface area contributed by atoms with Crippen LogP contribution < -0.4 is 4.74 Å². The molecule has 3 amide bonds. The number of Topliss-reactive ketones (excluding diaryl/α,β-unsaturated/α-hetero) is 1. The van der Waals surface area contributed by atoms with Crippen LogP contribution in [0.2, 0.25) is 10.0 Å². The van der Waals surface area contributed by atoms with Crippen LogP contribution in [0.15, 0.2) is 54.6 Å². The highest BCUT2D eigenvalue weighted by Crippen LogP contribution is 2.65. The minimum Gasteiger partial charge on any atom is -0.497 e. The number of ketones is 1. The van der Waals surface area contributed by atoms with E-state index in [1.165, 1.54) is 25.3 Å². The van der Waals surface area contributed by atoms with E-state index in [-0.39, 0.29) is 22.4 Å². The molecule has 4 aliphatic carbocycles. The standard InChI is InChI=1S/C27H22Cl2N2O5/c1-36-15-5-2-13(3-6-15)22(32)12-30(25(33)18-7-4-14(28)10-21(18)29)31-26(34)23-16-8-9-17(20-11-19(16)20)24(23)27(31)35/h2-10,16-17,19-20,23-24H,11-12H2,1H3/t16-,17-,19-,20-,23+,24+/m0/s1. The summed E-state index contributed by atoms with van der Waals surface area (Å²) in [5, 5.41) is 2.25. The molecule has 0 radical (unpaired) electrons. The lowest BCUT2D eigenvalue weighted by Gasteiger charge is -2.37. The molecule has 7 rings (SSSR count). The summed E-state index contributed by atoms with van der Waals surface area (Å²) in [6.45, 7) is -0.503. The van der Waals surface area contributed by atoms with Gasteiger partial charge in [0.05, 0.1) is 29.5 Å². The number of hydrogen-bond donors (Lipinski definition) is 0. The summed E-state index contributed by atoms with van der Waals surface area (Å²) in [5.74, 6) is -1.68. The molecule has 3 fully saturated rings. The maximum absolute atomic E-state index is 13.7. The topological polar surface area (TPSA) is 84.0 Å². The van der Waals surface area contributed by atoms with E-state index in [0.29, 0.717) is 28.2 Å². The van der Waals surface area contributed by atoms with Crippen molar-refractivity contribution in [2.75, 3.05) is 13.7 Å². The Morgan fingerprint density at radius 3 is 2.14 bits per heavy atom. The maximum Gasteiger partial charge on any atom is 0.274 e. The average molecular weight is 525 g/mol. The molecule has 2 aromatic rings. The molecular weight excluding hydrogens is 503 g/mol. The Hall–Kier alpha value is -3.16. The summed E-state index contributed by atoms with van der Waals surface area (Å²) in [5.41, 5.74) is 0.360. The Kier molecular flexibility index (Phi) is 5.46. The molecule has 0 unspecified atom stereocenters. The van der Waals surface area contributed by atoms with Crippen LogP contribution in [0.4, 0.5) is 0 Å². The van der Waals surface area contributed by atoms with Gasteiger partial charge in [0, 0.05) is 10.6 Å². The van der Waals surface area contributed by atoms with Crippen molar-refractivity contribution in [1.82, 2.24) is 10.0 Å². The van der Waals surface area contributed by atoms with Crippen LogP contribution in [0, 0.1) is 35.5 Å². The minimum atomic E-state index is -0.718. The number of hydrogen-bond acceptors (Lipinski definition) is 5. The predicted octanol–water partition coefficient (Wildman–Crippen LogP) is 4.30. The normalized spacial score (nSPS) is 29.1. The van der Waals surface area contributed by atoms with E-state index in [4.69, 9.17) is 27.9 Å². The fraction of sp³-hybridized carbons (Fsp3) is 0.333. The highest BCUT2D eigenvalue weighted by molar-refractivity contribution is 6.36. The lowest BCUT2D eigenvalue weighted by Crippen LogP contribution is -2.52. The first-order valence-corrected chi connectivity index (χ1v) is 12.6. The Bertz CT molecular complexity index is 1300. The lowest BCUT2D eigenvalue weighted by atomic mass is 9.63. The van der Waals surface area contributed by atoms with Crippen molar-refractivity contribution in [1.29, 1.82) is 0 Å². The number of halogens is 2. The summed E-state index contributed by atoms with van der Waals surface area (Å²) in [4.78, 5) is 54.4. The lowest BCUT2D eigenvalue weighted by molar-refractivity contribution is -0.154. The minimum absolute atomic E-state index is 0.0141. The fourth-order valence-electron chi connectivity index (χ4n) is 6.22. The molecule has 0 aromatic heterocycles. The molecule has 7 nitrogen and oxygen atoms in total. The van der Waals surface area contributed by atoms with E-state index in [1.807, 2.05) is 0 Å². The number of carbonyl (C=O) groups excluding carboxylic acids is 4. The molecule has 2 bridgehead atoms. The second kappa shape index (κ2) is 8.46. The molecule has 36 heavy (non-hydrogen) atoms. The van der Waals surface area contributed by atoms with Gasteiger partial charge in [-0.3, -0.25) is 19.2 Å². The Morgan fingerprint density at radius 2 is 1.58 bits per heavy atom. The monoisotopic (exact) mass is 524 g/mol. The van der Waals surface area contributed by atoms with Crippen molar-refractivity contribution in [3.8, 4) is 5.75 Å². The van der Waals surface area contributed by atoms with Gasteiger partial charge in [-0.2, -0.15) is 5.01 Å². The summed E-state index contributed by atoms with van der Waals surface area (Å²) in [7, 11) is 1.52. The van der Waals surface area contributed by atoms with Gasteiger partial charge in [-0.25, -0.2) is 5.01 Å². The summed E-state index contributed by atoms with van der Waals surface area (Å²) in [6.07, 6.45) is 5.13. The van der Waals surface area contributed by atoms with Gasteiger partial charge < -0.3 is 4.74 Å². The third-order valence-corrected chi connectivity index (χ3v) is 8.53. The first-order chi connectivity index (χ1) is 17.3. The molecule has 6 atom stereocenters. The van der Waals surface area contributed by atoms with E-state index in [1.54, 1.807) is 24.3 Å². The van der Waals surface area contributed by atoms with Crippen LogP contribution in [0.1, 0.15) is 27.1 Å². The zero-order valence-electron chi connectivity index (χ0n) is 19.3. The zero-order valence-corrected chi connectivity index (χ0v) is 20.8. The molecule has 5 aliphatic rings. The number of ether oxygens (including phenoxy) is 1. The van der Waals surface area contributed by atoms with Crippen LogP contribution in [-0.2, 0) is 9.59 Å². The third-order valence-electron chi connectivity index (χ3n) is 7.98. The van der Waals surface area contributed by atoms with Crippen LogP contribution in [0.3, 0.4) is 0 Å². The van der Waals surface area contributed by atoms with E-state index < -0.39 is 41.9 Å². The van der Waals surface area contributed by atoms with Gasteiger partial charge in [0.1, 0.15) is 12.3 Å². The predicted molar refractivity (Wildman–Crippen MR) is 131 cm³/mol. The highest BCUT2D eigenvalue weighted by Gasteiger charge is 2.68. The smallest absolute Gasteiger partial charge is 0.274 e. The average Bonchev–Trinajstić information content (AvgIpc) is 3.66. The van der Waals surface area contributed by atoms with Gasteiger partial charge in [-0.05, 0) is 72.6 Å². The van der Waals surface area contributed by atoms with E-state index in [0.717, 1.165) is 16.4 Å². The molecular formula is C27H22Cl2N2O5. The van der Waals surface area contributed by atoms with Gasteiger partial charge in [0.25, 0.3) is 17.7 Å². The highest BCUT2D eigenvalue weighted by atomic mass is 35.5. The number of carbonyl (C=O) groups is 4. The van der Waals surface area contributed by atoms with Gasteiger partial charge in [0.15, 0.2) is 5.78 Å². The summed E-state index contributed by atoms with van der Waals surface area (Å²) in [6, 6.07) is 10.7. The Balaban J connectivity index is 1.37. The van der Waals surface area contributed by atoms with Crippen molar-refractivity contribution in [3.05, 3.63) is 75.8 Å². The molecule has 0 spiro atoms. The van der Waals surface area contributed by atoms with Crippen LogP contribution in [0.25, 0.3) is 0 Å². The Labute approximate surface area is 217 Å². The largest absolute Gasteiger partial charge is 0.497 e. The molecule has 1 heterocycles. The number of imide groups is 1. The number of amides is 3. The third kappa shape index (κ3) is 3.48. The number of nitrogens with zero attached hydrogens (tertiary/aromatic N) is 2. The first kappa shape index (κ1) is 23.3. The number of rotatable bonds is 6. The first-order valence-electron chi connectivity index (χ1n) is 11.8. The van der Waals surface area contributed by atoms with Crippen LogP contribution in [0.5, 0.6) is 5.75 Å². The van der Waals surface area contributed by atoms with Crippen LogP contribution >= 0.6 is 23.2 Å². The van der Waals surface area contributed by atoms with E-state index in [9.17, 15) is 19.2 Å². The van der Waals surface area contributed by atoms with Crippen molar-refractivity contribution in [3.63, 3.8) is 0 Å². The molecule has 1 saturated heterocycles. The Morgan fingerprint density at radius 1 is 0.972 bits per heavy atom. The molecule has 184 valence electrons. The van der Waals surface area contributed by atoms with Gasteiger partial charge in [0.2, 0.25) is 0 Å². The van der Waals surface area contributed by atoms with Gasteiger partial charge in [-0.15, -0.1) is 0 Å². The zero-order chi connectivity index (χ0) is 25.3. The maximum atomic E-state index is 13.7. The van der Waals surface area contributed by atoms with Crippen molar-refractivity contribution in [2.24, 2.45) is 35.5 Å². The molecule has 2 saturated carbocycles. The SMILES string of the molecule is COc1ccc(C(=O)CN(C(=O)c2ccc(Cl)cc2Cl)N2C(=O)[C@@H]3[C@H]4C=C[C@@H]([C@@H]5C[C@@H]45)[C@H]3C2=O)cc1. The number of benzene rings is 2. The second-order valence-electron chi connectivity index (χ2n) is 9.78.